The van der Waals surface area contributed by atoms with Crippen LogP contribution >= 0.6 is 11.6 Å². The Kier molecular flexibility index (Phi) is 5.68. The van der Waals surface area contributed by atoms with Gasteiger partial charge in [-0.2, -0.15) is 0 Å². The molecule has 136 valence electrons. The zero-order valence-corrected chi connectivity index (χ0v) is 15.4. The van der Waals surface area contributed by atoms with E-state index in [1.54, 1.807) is 13.2 Å². The number of para-hydroxylation sites is 1. The van der Waals surface area contributed by atoms with Gasteiger partial charge in [-0.1, -0.05) is 29.8 Å². The van der Waals surface area contributed by atoms with Gasteiger partial charge < -0.3 is 19.2 Å². The summed E-state index contributed by atoms with van der Waals surface area (Å²) in [5.74, 6) is 0.369. The summed E-state index contributed by atoms with van der Waals surface area (Å²) in [6.45, 7) is 2.45. The molecule has 0 unspecified atom stereocenters. The van der Waals surface area contributed by atoms with Crippen molar-refractivity contribution >= 4 is 34.2 Å². The number of furan rings is 1. The summed E-state index contributed by atoms with van der Waals surface area (Å²) in [4.78, 5) is 11.8. The number of halogens is 1. The van der Waals surface area contributed by atoms with E-state index in [0.717, 1.165) is 27.8 Å². The van der Waals surface area contributed by atoms with E-state index in [1.807, 2.05) is 43.4 Å². The molecule has 0 aliphatic rings. The normalized spacial score (nSPS) is 10.7. The lowest BCUT2D eigenvalue weighted by Gasteiger charge is -2.11. The van der Waals surface area contributed by atoms with E-state index in [9.17, 15) is 4.79 Å². The fourth-order valence-corrected chi connectivity index (χ4v) is 2.98. The predicted octanol–water partition coefficient (Wildman–Crippen LogP) is 4.81. The van der Waals surface area contributed by atoms with Crippen molar-refractivity contribution in [1.82, 2.24) is 0 Å². The Labute approximate surface area is 156 Å². The lowest BCUT2D eigenvalue weighted by atomic mass is 10.1. The second kappa shape index (κ2) is 8.15. The summed E-state index contributed by atoms with van der Waals surface area (Å²) in [6.07, 6.45) is 1.83. The monoisotopic (exact) mass is 373 g/mol. The smallest absolute Gasteiger partial charge is 0.310 e. The minimum Gasteiger partial charge on any atom is -0.488 e. The zero-order valence-electron chi connectivity index (χ0n) is 14.7. The number of esters is 1. The van der Waals surface area contributed by atoms with E-state index < -0.39 is 0 Å². The summed E-state index contributed by atoms with van der Waals surface area (Å²) in [6, 6.07) is 11.1. The van der Waals surface area contributed by atoms with Crippen LogP contribution in [0.25, 0.3) is 11.0 Å². The van der Waals surface area contributed by atoms with Crippen molar-refractivity contribution in [1.29, 1.82) is 0 Å². The third-order valence-electron chi connectivity index (χ3n) is 3.98. The third kappa shape index (κ3) is 3.94. The van der Waals surface area contributed by atoms with Crippen LogP contribution in [0.15, 0.2) is 47.1 Å². The van der Waals surface area contributed by atoms with Crippen LogP contribution in [0.5, 0.6) is 5.75 Å². The highest BCUT2D eigenvalue weighted by atomic mass is 35.5. The maximum Gasteiger partial charge on any atom is 0.310 e. The van der Waals surface area contributed by atoms with Crippen LogP contribution in [0.1, 0.15) is 18.1 Å². The molecule has 5 nitrogen and oxygen atoms in total. The minimum absolute atomic E-state index is 0.172. The third-order valence-corrected chi connectivity index (χ3v) is 4.20. The molecule has 0 bridgehead atoms. The van der Waals surface area contributed by atoms with Crippen LogP contribution in [-0.2, 0) is 22.6 Å². The van der Waals surface area contributed by atoms with Crippen LogP contribution in [0.3, 0.4) is 0 Å². The van der Waals surface area contributed by atoms with E-state index in [1.165, 1.54) is 0 Å². The SMILES string of the molecule is CCOC(=O)Cc1ccccc1OCc1coc2c(NC)cc(Cl)cc12. The number of rotatable bonds is 7. The predicted molar refractivity (Wildman–Crippen MR) is 102 cm³/mol. The van der Waals surface area contributed by atoms with Gasteiger partial charge in [0.15, 0.2) is 5.58 Å². The Bertz CT molecular complexity index is 919. The molecule has 6 heteroatoms. The van der Waals surface area contributed by atoms with Crippen molar-refractivity contribution in [2.45, 2.75) is 20.0 Å². The highest BCUT2D eigenvalue weighted by Gasteiger charge is 2.14. The van der Waals surface area contributed by atoms with E-state index in [0.29, 0.717) is 24.0 Å². The first-order chi connectivity index (χ1) is 12.6. The van der Waals surface area contributed by atoms with Gasteiger partial charge in [0.05, 0.1) is 25.0 Å². The van der Waals surface area contributed by atoms with Crippen LogP contribution in [-0.4, -0.2) is 19.6 Å². The highest BCUT2D eigenvalue weighted by molar-refractivity contribution is 6.31. The van der Waals surface area contributed by atoms with Crippen molar-refractivity contribution in [3.8, 4) is 5.75 Å². The van der Waals surface area contributed by atoms with Crippen molar-refractivity contribution < 1.29 is 18.7 Å². The average molecular weight is 374 g/mol. The molecule has 2 aromatic carbocycles. The molecule has 3 aromatic rings. The molecule has 26 heavy (non-hydrogen) atoms. The van der Waals surface area contributed by atoms with Gasteiger partial charge in [0.1, 0.15) is 12.4 Å². The van der Waals surface area contributed by atoms with Gasteiger partial charge in [0.25, 0.3) is 0 Å². The average Bonchev–Trinajstić information content (AvgIpc) is 3.03. The summed E-state index contributed by atoms with van der Waals surface area (Å²) in [5, 5.41) is 4.58. The van der Waals surface area contributed by atoms with Gasteiger partial charge in [0.2, 0.25) is 0 Å². The molecule has 0 saturated carbocycles. The zero-order chi connectivity index (χ0) is 18.5. The van der Waals surface area contributed by atoms with Crippen LogP contribution in [0.2, 0.25) is 5.02 Å². The standard InChI is InChI=1S/C20H20ClNO4/c1-3-24-19(23)8-13-6-4-5-7-18(13)25-11-14-12-26-20-16(14)9-15(21)10-17(20)22-2/h4-7,9-10,12,22H,3,8,11H2,1-2H3. The number of benzene rings is 2. The largest absolute Gasteiger partial charge is 0.488 e. The first-order valence-corrected chi connectivity index (χ1v) is 8.73. The maximum atomic E-state index is 11.8. The van der Waals surface area contributed by atoms with Gasteiger partial charge in [-0.25, -0.2) is 0 Å². The number of hydrogen-bond acceptors (Lipinski definition) is 5. The van der Waals surface area contributed by atoms with Crippen molar-refractivity contribution in [3.05, 3.63) is 58.8 Å². The molecule has 3 rings (SSSR count). The Morgan fingerprint density at radius 3 is 2.81 bits per heavy atom. The van der Waals surface area contributed by atoms with Crippen LogP contribution in [0, 0.1) is 0 Å². The topological polar surface area (TPSA) is 60.7 Å². The first-order valence-electron chi connectivity index (χ1n) is 8.36. The molecule has 1 aromatic heterocycles. The first kappa shape index (κ1) is 18.1. The fourth-order valence-electron chi connectivity index (χ4n) is 2.76. The molecular formula is C20H20ClNO4. The molecule has 0 fully saturated rings. The molecular weight excluding hydrogens is 354 g/mol. The van der Waals surface area contributed by atoms with Gasteiger partial charge >= 0.3 is 5.97 Å². The Morgan fingerprint density at radius 2 is 2.04 bits per heavy atom. The van der Waals surface area contributed by atoms with E-state index in [-0.39, 0.29) is 12.4 Å². The molecule has 0 aliphatic heterocycles. The van der Waals surface area contributed by atoms with Crippen molar-refractivity contribution in [2.75, 3.05) is 19.0 Å². The fraction of sp³-hybridized carbons (Fsp3) is 0.250. The number of carbonyl (C=O) groups excluding carboxylic acids is 1. The molecule has 0 saturated heterocycles. The van der Waals surface area contributed by atoms with E-state index in [4.69, 9.17) is 25.5 Å². The number of fused-ring (bicyclic) bond motifs is 1. The Hall–Kier alpha value is -2.66. The summed E-state index contributed by atoms with van der Waals surface area (Å²) < 4.78 is 16.6. The number of hydrogen-bond donors (Lipinski definition) is 1. The highest BCUT2D eigenvalue weighted by Crippen LogP contribution is 2.32. The molecule has 0 amide bonds. The second-order valence-corrected chi connectivity index (χ2v) is 6.16. The van der Waals surface area contributed by atoms with Crippen LogP contribution < -0.4 is 10.1 Å². The lowest BCUT2D eigenvalue weighted by Crippen LogP contribution is -2.09. The van der Waals surface area contributed by atoms with Gasteiger partial charge in [0, 0.05) is 28.6 Å². The maximum absolute atomic E-state index is 11.8. The van der Waals surface area contributed by atoms with Gasteiger partial charge in [-0.3, -0.25) is 4.79 Å². The van der Waals surface area contributed by atoms with Gasteiger partial charge in [-0.05, 0) is 25.1 Å². The van der Waals surface area contributed by atoms with Crippen molar-refractivity contribution in [3.63, 3.8) is 0 Å². The number of carbonyl (C=O) groups is 1. The quantitative estimate of drug-likeness (QED) is 0.602. The Morgan fingerprint density at radius 1 is 1.23 bits per heavy atom. The molecule has 0 radical (unpaired) electrons. The summed E-state index contributed by atoms with van der Waals surface area (Å²) in [5.41, 5.74) is 3.22. The molecule has 0 aliphatic carbocycles. The number of nitrogens with one attached hydrogen (secondary N) is 1. The molecule has 0 atom stereocenters. The minimum atomic E-state index is -0.275. The molecule has 1 heterocycles. The number of ether oxygens (including phenoxy) is 2. The lowest BCUT2D eigenvalue weighted by molar-refractivity contribution is -0.142. The van der Waals surface area contributed by atoms with Gasteiger partial charge in [-0.15, -0.1) is 0 Å². The Balaban J connectivity index is 1.81. The second-order valence-electron chi connectivity index (χ2n) is 5.72. The molecule has 0 spiro atoms. The summed E-state index contributed by atoms with van der Waals surface area (Å²) >= 11 is 6.19. The number of anilines is 1. The van der Waals surface area contributed by atoms with E-state index >= 15 is 0 Å². The van der Waals surface area contributed by atoms with E-state index in [2.05, 4.69) is 5.32 Å². The summed E-state index contributed by atoms with van der Waals surface area (Å²) in [7, 11) is 1.81. The molecule has 1 N–H and O–H groups in total. The van der Waals surface area contributed by atoms with Crippen molar-refractivity contribution in [2.24, 2.45) is 0 Å². The van der Waals surface area contributed by atoms with Crippen LogP contribution in [0.4, 0.5) is 5.69 Å².